The van der Waals surface area contributed by atoms with Gasteiger partial charge in [0.2, 0.25) is 0 Å². The van der Waals surface area contributed by atoms with Crippen molar-refractivity contribution >= 4 is 28.8 Å². The Morgan fingerprint density at radius 2 is 1.45 bits per heavy atom. The molecule has 0 spiro atoms. The van der Waals surface area contributed by atoms with Gasteiger partial charge in [-0.05, 0) is 54.5 Å². The lowest BCUT2D eigenvalue weighted by molar-refractivity contribution is -0.145. The third-order valence-corrected chi connectivity index (χ3v) is 4.42. The number of nitrogens with zero attached hydrogens (tertiary/aromatic N) is 2. The van der Waals surface area contributed by atoms with Crippen LogP contribution in [0.3, 0.4) is 0 Å². The molecule has 1 aromatic carbocycles. The SMILES string of the molecule is Cc1nc(=O)n(CCC(=O)O)c2cc(OC(=O)C(C)(C)C)c(OC(=O)C(C)(C)C)cc12. The van der Waals surface area contributed by atoms with E-state index in [4.69, 9.17) is 14.6 Å². The predicted molar refractivity (Wildman–Crippen MR) is 113 cm³/mol. The Morgan fingerprint density at radius 3 is 1.90 bits per heavy atom. The first-order valence-electron chi connectivity index (χ1n) is 9.83. The van der Waals surface area contributed by atoms with Gasteiger partial charge >= 0.3 is 23.6 Å². The molecule has 0 bridgehead atoms. The molecule has 1 heterocycles. The number of carbonyl (C=O) groups excluding carboxylic acids is 2. The first kappa shape index (κ1) is 24.0. The van der Waals surface area contributed by atoms with Gasteiger partial charge in [0.1, 0.15) is 0 Å². The summed E-state index contributed by atoms with van der Waals surface area (Å²) in [4.78, 5) is 52.4. The Balaban J connectivity index is 2.74. The Bertz CT molecular complexity index is 1100. The highest BCUT2D eigenvalue weighted by molar-refractivity contribution is 5.89. The van der Waals surface area contributed by atoms with E-state index in [1.165, 1.54) is 16.7 Å². The molecule has 0 amide bonds. The average molecular weight is 432 g/mol. The molecule has 0 atom stereocenters. The molecule has 9 heteroatoms. The van der Waals surface area contributed by atoms with E-state index in [0.717, 1.165) is 0 Å². The zero-order chi connectivity index (χ0) is 23.7. The quantitative estimate of drug-likeness (QED) is 0.564. The van der Waals surface area contributed by atoms with E-state index in [1.54, 1.807) is 48.5 Å². The van der Waals surface area contributed by atoms with Gasteiger partial charge in [-0.2, -0.15) is 4.98 Å². The molecular formula is C22H28N2O7. The van der Waals surface area contributed by atoms with Crippen molar-refractivity contribution in [1.82, 2.24) is 9.55 Å². The molecule has 0 saturated carbocycles. The van der Waals surface area contributed by atoms with Gasteiger partial charge in [0.25, 0.3) is 0 Å². The highest BCUT2D eigenvalue weighted by Gasteiger charge is 2.29. The zero-order valence-electron chi connectivity index (χ0n) is 18.9. The fourth-order valence-corrected chi connectivity index (χ4v) is 2.52. The molecule has 0 unspecified atom stereocenters. The van der Waals surface area contributed by atoms with Gasteiger partial charge < -0.3 is 14.6 Å². The summed E-state index contributed by atoms with van der Waals surface area (Å²) < 4.78 is 12.2. The minimum Gasteiger partial charge on any atom is -0.481 e. The summed E-state index contributed by atoms with van der Waals surface area (Å²) in [5, 5.41) is 9.48. The molecule has 1 aromatic heterocycles. The summed E-state index contributed by atoms with van der Waals surface area (Å²) in [6.07, 6.45) is -0.294. The van der Waals surface area contributed by atoms with E-state index in [-0.39, 0.29) is 24.5 Å². The van der Waals surface area contributed by atoms with Crippen molar-refractivity contribution in [1.29, 1.82) is 0 Å². The summed E-state index contributed by atoms with van der Waals surface area (Å²) >= 11 is 0. The Morgan fingerprint density at radius 1 is 0.968 bits per heavy atom. The standard InChI is InChI=1S/C22H28N2O7/c1-12-13-10-15(30-18(27)21(2,3)4)16(31-19(28)22(5,6)7)11-14(13)24(20(29)23-12)9-8-17(25)26/h10-11H,8-9H2,1-7H3,(H,25,26). The molecule has 1 N–H and O–H groups in total. The van der Waals surface area contributed by atoms with Crippen LogP contribution in [0.15, 0.2) is 16.9 Å². The normalized spacial score (nSPS) is 12.0. The summed E-state index contributed by atoms with van der Waals surface area (Å²) in [6, 6.07) is 2.88. The maximum absolute atomic E-state index is 12.5. The summed E-state index contributed by atoms with van der Waals surface area (Å²) in [5.74, 6) is -2.21. The van der Waals surface area contributed by atoms with Crippen LogP contribution in [0, 0.1) is 17.8 Å². The van der Waals surface area contributed by atoms with Gasteiger partial charge in [-0.25, -0.2) is 4.79 Å². The van der Waals surface area contributed by atoms with Gasteiger partial charge in [-0.3, -0.25) is 19.0 Å². The van der Waals surface area contributed by atoms with Crippen LogP contribution in [0.2, 0.25) is 0 Å². The van der Waals surface area contributed by atoms with Crippen LogP contribution in [-0.4, -0.2) is 32.6 Å². The number of hydrogen-bond donors (Lipinski definition) is 1. The van der Waals surface area contributed by atoms with Crippen LogP contribution in [0.25, 0.3) is 10.9 Å². The number of carbonyl (C=O) groups is 3. The van der Waals surface area contributed by atoms with Crippen LogP contribution >= 0.6 is 0 Å². The molecule has 0 aliphatic carbocycles. The third-order valence-electron chi connectivity index (χ3n) is 4.42. The predicted octanol–water partition coefficient (Wildman–Crippen LogP) is 3.08. The van der Waals surface area contributed by atoms with Crippen molar-refractivity contribution in [3.8, 4) is 11.5 Å². The number of hydrogen-bond acceptors (Lipinski definition) is 7. The summed E-state index contributed by atoms with van der Waals surface area (Å²) in [5.41, 5.74) is -1.58. The molecule has 31 heavy (non-hydrogen) atoms. The van der Waals surface area contributed by atoms with Crippen LogP contribution in [0.4, 0.5) is 0 Å². The lowest BCUT2D eigenvalue weighted by Crippen LogP contribution is -2.28. The fraction of sp³-hybridized carbons (Fsp3) is 0.500. The van der Waals surface area contributed by atoms with Crippen LogP contribution in [-0.2, 0) is 20.9 Å². The largest absolute Gasteiger partial charge is 0.481 e. The number of benzene rings is 1. The fourth-order valence-electron chi connectivity index (χ4n) is 2.52. The number of fused-ring (bicyclic) bond motifs is 1. The second-order valence-corrected chi connectivity index (χ2v) is 9.37. The van der Waals surface area contributed by atoms with Gasteiger partial charge in [0.15, 0.2) is 11.5 Å². The monoisotopic (exact) mass is 432 g/mol. The molecule has 2 rings (SSSR count). The lowest BCUT2D eigenvalue weighted by atomic mass is 9.97. The second-order valence-electron chi connectivity index (χ2n) is 9.37. The van der Waals surface area contributed by atoms with E-state index < -0.39 is 34.4 Å². The number of rotatable bonds is 5. The third kappa shape index (κ3) is 5.68. The Labute approximate surface area is 180 Å². The summed E-state index contributed by atoms with van der Waals surface area (Å²) in [6.45, 7) is 11.6. The molecule has 0 fully saturated rings. The maximum Gasteiger partial charge on any atom is 0.348 e. The topological polar surface area (TPSA) is 125 Å². The van der Waals surface area contributed by atoms with Crippen LogP contribution in [0.1, 0.15) is 53.7 Å². The van der Waals surface area contributed by atoms with E-state index in [9.17, 15) is 19.2 Å². The molecule has 0 saturated heterocycles. The minimum atomic E-state index is -1.07. The van der Waals surface area contributed by atoms with Crippen LogP contribution < -0.4 is 15.2 Å². The smallest absolute Gasteiger partial charge is 0.348 e. The van der Waals surface area contributed by atoms with Crippen LogP contribution in [0.5, 0.6) is 11.5 Å². The Hall–Kier alpha value is -3.23. The highest BCUT2D eigenvalue weighted by Crippen LogP contribution is 2.36. The number of ether oxygens (including phenoxy) is 2. The van der Waals surface area contributed by atoms with Gasteiger partial charge in [-0.15, -0.1) is 0 Å². The first-order chi connectivity index (χ1) is 14.1. The molecule has 9 nitrogen and oxygen atoms in total. The van der Waals surface area contributed by atoms with Crippen molar-refractivity contribution in [3.05, 3.63) is 28.3 Å². The number of esters is 2. The van der Waals surface area contributed by atoms with E-state index in [0.29, 0.717) is 16.6 Å². The average Bonchev–Trinajstić information content (AvgIpc) is 2.60. The number of aryl methyl sites for hydroxylation is 2. The minimum absolute atomic E-state index is 0.0124. The van der Waals surface area contributed by atoms with Crippen molar-refractivity contribution < 1.29 is 29.0 Å². The maximum atomic E-state index is 12.5. The van der Waals surface area contributed by atoms with E-state index >= 15 is 0 Å². The second kappa shape index (κ2) is 8.49. The number of carboxylic acid groups (broad SMARTS) is 1. The Kier molecular flexibility index (Phi) is 6.58. The summed E-state index contributed by atoms with van der Waals surface area (Å²) in [7, 11) is 0. The molecule has 0 aliphatic heterocycles. The molecule has 0 radical (unpaired) electrons. The molecular weight excluding hydrogens is 404 g/mol. The van der Waals surface area contributed by atoms with Gasteiger partial charge in [0, 0.05) is 18.0 Å². The van der Waals surface area contributed by atoms with Crippen molar-refractivity contribution in [2.24, 2.45) is 10.8 Å². The lowest BCUT2D eigenvalue weighted by Gasteiger charge is -2.21. The van der Waals surface area contributed by atoms with Gasteiger partial charge in [-0.1, -0.05) is 0 Å². The zero-order valence-corrected chi connectivity index (χ0v) is 18.9. The van der Waals surface area contributed by atoms with Crippen molar-refractivity contribution in [2.75, 3.05) is 0 Å². The highest BCUT2D eigenvalue weighted by atomic mass is 16.6. The van der Waals surface area contributed by atoms with Crippen molar-refractivity contribution in [2.45, 2.75) is 61.4 Å². The van der Waals surface area contributed by atoms with Gasteiger partial charge in [0.05, 0.1) is 28.5 Å². The molecule has 2 aromatic rings. The number of aliphatic carboxylic acids is 1. The molecule has 0 aliphatic rings. The molecule has 168 valence electrons. The van der Waals surface area contributed by atoms with E-state index in [2.05, 4.69) is 4.98 Å². The van der Waals surface area contributed by atoms with E-state index in [1.807, 2.05) is 0 Å². The van der Waals surface area contributed by atoms with Crippen molar-refractivity contribution in [3.63, 3.8) is 0 Å². The number of aromatic nitrogens is 2. The number of carboxylic acids is 1. The first-order valence-corrected chi connectivity index (χ1v) is 9.83.